The summed E-state index contributed by atoms with van der Waals surface area (Å²) >= 11 is 7.58. The van der Waals surface area contributed by atoms with Crippen LogP contribution in [-0.2, 0) is 4.74 Å². The normalized spacial score (nSPS) is 18.0. The second kappa shape index (κ2) is 6.41. The van der Waals surface area contributed by atoms with Gasteiger partial charge >= 0.3 is 6.09 Å². The molecule has 2 aromatic rings. The maximum atomic E-state index is 11.4. The molecule has 0 radical (unpaired) electrons. The van der Waals surface area contributed by atoms with Crippen molar-refractivity contribution in [2.24, 2.45) is 0 Å². The van der Waals surface area contributed by atoms with Crippen LogP contribution >= 0.6 is 23.4 Å². The highest BCUT2D eigenvalue weighted by Gasteiger charge is 2.22. The minimum absolute atomic E-state index is 0.00208. The Labute approximate surface area is 132 Å². The first-order chi connectivity index (χ1) is 10.2. The van der Waals surface area contributed by atoms with Crippen LogP contribution in [0.5, 0.6) is 0 Å². The minimum atomic E-state index is -0.349. The topological polar surface area (TPSA) is 38.3 Å². The summed E-state index contributed by atoms with van der Waals surface area (Å²) in [6.45, 7) is 0.455. The average molecular weight is 320 g/mol. The first-order valence-electron chi connectivity index (χ1n) is 6.68. The number of carbonyl (C=O) groups excluding carboxylic acids is 1. The van der Waals surface area contributed by atoms with Crippen molar-refractivity contribution in [2.75, 3.05) is 6.61 Å². The zero-order valence-electron chi connectivity index (χ0n) is 11.2. The molecule has 1 heterocycles. The molecule has 5 heteroatoms. The van der Waals surface area contributed by atoms with Gasteiger partial charge in [-0.25, -0.2) is 4.79 Å². The van der Waals surface area contributed by atoms with Crippen LogP contribution in [0, 0.1) is 0 Å². The summed E-state index contributed by atoms with van der Waals surface area (Å²) in [5.41, 5.74) is 1.12. The Kier molecular flexibility index (Phi) is 4.36. The van der Waals surface area contributed by atoms with E-state index in [1.165, 1.54) is 0 Å². The van der Waals surface area contributed by atoms with Crippen LogP contribution in [-0.4, -0.2) is 12.7 Å². The van der Waals surface area contributed by atoms with Gasteiger partial charge in [-0.15, -0.1) is 0 Å². The molecule has 108 valence electrons. The Morgan fingerprint density at radius 2 is 1.90 bits per heavy atom. The predicted octanol–water partition coefficient (Wildman–Crippen LogP) is 4.66. The summed E-state index contributed by atoms with van der Waals surface area (Å²) in [6, 6.07) is 15.8. The first-order valence-corrected chi connectivity index (χ1v) is 7.87. The van der Waals surface area contributed by atoms with Gasteiger partial charge in [0.1, 0.15) is 0 Å². The molecule has 21 heavy (non-hydrogen) atoms. The lowest BCUT2D eigenvalue weighted by Gasteiger charge is -2.25. The van der Waals surface area contributed by atoms with Crippen LogP contribution < -0.4 is 5.32 Å². The van der Waals surface area contributed by atoms with Crippen molar-refractivity contribution in [1.82, 2.24) is 5.32 Å². The molecule has 2 aromatic carbocycles. The number of carbonyl (C=O) groups is 1. The second-order valence-electron chi connectivity index (χ2n) is 4.72. The summed E-state index contributed by atoms with van der Waals surface area (Å²) < 4.78 is 4.93. The Balaban J connectivity index is 1.85. The number of amides is 1. The maximum absolute atomic E-state index is 11.4. The van der Waals surface area contributed by atoms with Gasteiger partial charge in [-0.2, -0.15) is 0 Å². The fraction of sp³-hybridized carbons (Fsp3) is 0.188. The van der Waals surface area contributed by atoms with Gasteiger partial charge in [0.2, 0.25) is 0 Å². The highest BCUT2D eigenvalue weighted by molar-refractivity contribution is 7.99. The van der Waals surface area contributed by atoms with Crippen LogP contribution in [0.4, 0.5) is 4.79 Å². The van der Waals surface area contributed by atoms with Crippen molar-refractivity contribution in [3.63, 3.8) is 0 Å². The Bertz CT molecular complexity index is 645. The Morgan fingerprint density at radius 3 is 2.67 bits per heavy atom. The molecular formula is C16H14ClNO2S. The third-order valence-electron chi connectivity index (χ3n) is 3.27. The summed E-state index contributed by atoms with van der Waals surface area (Å²) in [4.78, 5) is 13.6. The number of halogens is 1. The quantitative estimate of drug-likeness (QED) is 0.894. The number of nitrogens with one attached hydrogen (secondary N) is 1. The minimum Gasteiger partial charge on any atom is -0.449 e. The molecule has 1 amide bonds. The van der Waals surface area contributed by atoms with Crippen LogP contribution in [0.25, 0.3) is 0 Å². The molecule has 3 nitrogen and oxygen atoms in total. The Morgan fingerprint density at radius 1 is 1.14 bits per heavy atom. The standard InChI is InChI=1S/C16H14ClNO2S/c17-11-5-7-12(8-6-11)21-15-4-2-1-3-13(15)14-9-10-20-16(19)18-14/h1-8,14H,9-10H2,(H,18,19)/t14-/m1/s1. The van der Waals surface area contributed by atoms with Crippen molar-refractivity contribution >= 4 is 29.5 Å². The molecule has 1 aliphatic heterocycles. The van der Waals surface area contributed by atoms with Gasteiger partial charge in [0, 0.05) is 21.2 Å². The highest BCUT2D eigenvalue weighted by Crippen LogP contribution is 2.35. The Hall–Kier alpha value is -1.65. The van der Waals surface area contributed by atoms with E-state index in [9.17, 15) is 4.79 Å². The molecule has 1 saturated heterocycles. The number of hydrogen-bond donors (Lipinski definition) is 1. The summed E-state index contributed by atoms with van der Waals surface area (Å²) in [5.74, 6) is 0. The summed E-state index contributed by atoms with van der Waals surface area (Å²) in [7, 11) is 0. The average Bonchev–Trinajstić information content (AvgIpc) is 2.50. The number of cyclic esters (lactones) is 1. The lowest BCUT2D eigenvalue weighted by Crippen LogP contribution is -2.35. The molecule has 1 atom stereocenters. The molecule has 1 N–H and O–H groups in total. The number of alkyl carbamates (subject to hydrolysis) is 1. The molecule has 1 aliphatic rings. The lowest BCUT2D eigenvalue weighted by molar-refractivity contribution is 0.115. The number of benzene rings is 2. The van der Waals surface area contributed by atoms with Gasteiger partial charge in [0.15, 0.2) is 0 Å². The zero-order chi connectivity index (χ0) is 14.7. The SMILES string of the molecule is O=C1N[C@@H](c2ccccc2Sc2ccc(Cl)cc2)CCO1. The van der Waals surface area contributed by atoms with E-state index in [0.29, 0.717) is 6.61 Å². The molecule has 0 saturated carbocycles. The van der Waals surface area contributed by atoms with Gasteiger partial charge in [0.25, 0.3) is 0 Å². The van der Waals surface area contributed by atoms with E-state index in [-0.39, 0.29) is 12.1 Å². The molecule has 0 aromatic heterocycles. The fourth-order valence-electron chi connectivity index (χ4n) is 2.25. The van der Waals surface area contributed by atoms with Crippen molar-refractivity contribution in [3.05, 3.63) is 59.1 Å². The monoisotopic (exact) mass is 319 g/mol. The van der Waals surface area contributed by atoms with E-state index in [1.807, 2.05) is 36.4 Å². The maximum Gasteiger partial charge on any atom is 0.407 e. The van der Waals surface area contributed by atoms with E-state index >= 15 is 0 Å². The fourth-order valence-corrected chi connectivity index (χ4v) is 3.38. The van der Waals surface area contributed by atoms with Gasteiger partial charge in [-0.05, 0) is 35.9 Å². The van der Waals surface area contributed by atoms with Gasteiger partial charge in [0.05, 0.1) is 12.6 Å². The smallest absolute Gasteiger partial charge is 0.407 e. The van der Waals surface area contributed by atoms with Crippen molar-refractivity contribution in [3.8, 4) is 0 Å². The molecule has 0 unspecified atom stereocenters. The van der Waals surface area contributed by atoms with Crippen LogP contribution in [0.3, 0.4) is 0 Å². The van der Waals surface area contributed by atoms with Crippen LogP contribution in [0.1, 0.15) is 18.0 Å². The van der Waals surface area contributed by atoms with Crippen molar-refractivity contribution < 1.29 is 9.53 Å². The van der Waals surface area contributed by atoms with Gasteiger partial charge in [-0.1, -0.05) is 41.6 Å². The lowest BCUT2D eigenvalue weighted by atomic mass is 10.0. The summed E-state index contributed by atoms with van der Waals surface area (Å²) in [5, 5.41) is 3.60. The van der Waals surface area contributed by atoms with E-state index in [1.54, 1.807) is 11.8 Å². The first kappa shape index (κ1) is 14.3. The van der Waals surface area contributed by atoms with E-state index in [2.05, 4.69) is 17.4 Å². The van der Waals surface area contributed by atoms with Gasteiger partial charge in [-0.3, -0.25) is 0 Å². The number of hydrogen-bond acceptors (Lipinski definition) is 3. The molecule has 0 bridgehead atoms. The molecule has 0 aliphatic carbocycles. The van der Waals surface area contributed by atoms with Crippen LogP contribution in [0.15, 0.2) is 58.3 Å². The highest BCUT2D eigenvalue weighted by atomic mass is 35.5. The molecule has 0 spiro atoms. The van der Waals surface area contributed by atoms with E-state index < -0.39 is 0 Å². The largest absolute Gasteiger partial charge is 0.449 e. The molecule has 1 fully saturated rings. The van der Waals surface area contributed by atoms with Crippen molar-refractivity contribution in [1.29, 1.82) is 0 Å². The zero-order valence-corrected chi connectivity index (χ0v) is 12.8. The third kappa shape index (κ3) is 3.52. The summed E-state index contributed by atoms with van der Waals surface area (Å²) in [6.07, 6.45) is 0.432. The predicted molar refractivity (Wildman–Crippen MR) is 83.9 cm³/mol. The number of rotatable bonds is 3. The third-order valence-corrected chi connectivity index (χ3v) is 4.62. The molecule has 3 rings (SSSR count). The molecular weight excluding hydrogens is 306 g/mol. The van der Waals surface area contributed by atoms with Crippen molar-refractivity contribution in [2.45, 2.75) is 22.3 Å². The van der Waals surface area contributed by atoms with E-state index in [4.69, 9.17) is 16.3 Å². The van der Waals surface area contributed by atoms with Crippen LogP contribution in [0.2, 0.25) is 5.02 Å². The second-order valence-corrected chi connectivity index (χ2v) is 6.27. The van der Waals surface area contributed by atoms with E-state index in [0.717, 1.165) is 26.8 Å². The van der Waals surface area contributed by atoms with Gasteiger partial charge < -0.3 is 10.1 Å². The number of ether oxygens (including phenoxy) is 1.